The topological polar surface area (TPSA) is 55.0 Å². The van der Waals surface area contributed by atoms with E-state index in [1.165, 1.54) is 23.4 Å². The standard InChI is InChI=1S/C15H18N2O2S/c1-3-12-10-14(18)17-15(16-12)20-8-7-19-13-6-4-5-11(2)9-13/h4-6,9-10H,3,7-8H2,1-2H3,(H,16,17,18). The first-order chi connectivity index (χ1) is 9.67. The number of nitrogens with one attached hydrogen (secondary N) is 1. The average Bonchev–Trinajstić information content (AvgIpc) is 2.43. The van der Waals surface area contributed by atoms with Crippen molar-refractivity contribution in [1.29, 1.82) is 0 Å². The predicted octanol–water partition coefficient (Wildman–Crippen LogP) is 2.81. The van der Waals surface area contributed by atoms with E-state index in [2.05, 4.69) is 9.97 Å². The highest BCUT2D eigenvalue weighted by molar-refractivity contribution is 7.99. The number of aryl methyl sites for hydroxylation is 2. The number of ether oxygens (including phenoxy) is 1. The van der Waals surface area contributed by atoms with Gasteiger partial charge < -0.3 is 9.72 Å². The van der Waals surface area contributed by atoms with E-state index >= 15 is 0 Å². The van der Waals surface area contributed by atoms with E-state index < -0.39 is 0 Å². The van der Waals surface area contributed by atoms with Crippen molar-refractivity contribution in [3.63, 3.8) is 0 Å². The number of H-pyrrole nitrogens is 1. The van der Waals surface area contributed by atoms with Crippen LogP contribution in [0, 0.1) is 6.92 Å². The molecule has 20 heavy (non-hydrogen) atoms. The minimum Gasteiger partial charge on any atom is -0.493 e. The number of rotatable bonds is 6. The Kier molecular flexibility index (Phi) is 5.24. The lowest BCUT2D eigenvalue weighted by atomic mass is 10.2. The summed E-state index contributed by atoms with van der Waals surface area (Å²) in [6.45, 7) is 4.60. The zero-order chi connectivity index (χ0) is 14.4. The van der Waals surface area contributed by atoms with E-state index in [-0.39, 0.29) is 5.56 Å². The summed E-state index contributed by atoms with van der Waals surface area (Å²) in [6.07, 6.45) is 0.761. The summed E-state index contributed by atoms with van der Waals surface area (Å²) >= 11 is 1.50. The molecule has 4 nitrogen and oxygen atoms in total. The maximum absolute atomic E-state index is 11.4. The maximum Gasteiger partial charge on any atom is 0.251 e. The van der Waals surface area contributed by atoms with Crippen LogP contribution in [0.25, 0.3) is 0 Å². The van der Waals surface area contributed by atoms with Crippen LogP contribution >= 0.6 is 11.8 Å². The van der Waals surface area contributed by atoms with Crippen LogP contribution in [0.4, 0.5) is 0 Å². The normalized spacial score (nSPS) is 10.5. The van der Waals surface area contributed by atoms with Gasteiger partial charge in [-0.2, -0.15) is 0 Å². The van der Waals surface area contributed by atoms with Crippen LogP contribution in [0.3, 0.4) is 0 Å². The molecule has 1 aromatic carbocycles. The van der Waals surface area contributed by atoms with Crippen molar-refractivity contribution in [3.8, 4) is 5.75 Å². The van der Waals surface area contributed by atoms with Crippen molar-refractivity contribution >= 4 is 11.8 Å². The molecule has 1 N–H and O–H groups in total. The van der Waals surface area contributed by atoms with E-state index in [0.29, 0.717) is 11.8 Å². The lowest BCUT2D eigenvalue weighted by Crippen LogP contribution is -2.10. The molecule has 0 aliphatic carbocycles. The highest BCUT2D eigenvalue weighted by Gasteiger charge is 2.01. The third-order valence-electron chi connectivity index (χ3n) is 2.72. The quantitative estimate of drug-likeness (QED) is 0.505. The van der Waals surface area contributed by atoms with E-state index in [0.717, 1.165) is 23.6 Å². The highest BCUT2D eigenvalue weighted by Crippen LogP contribution is 2.15. The summed E-state index contributed by atoms with van der Waals surface area (Å²) in [7, 11) is 0. The molecule has 0 bridgehead atoms. The number of hydrogen-bond donors (Lipinski definition) is 1. The van der Waals surface area contributed by atoms with Gasteiger partial charge in [0.1, 0.15) is 5.75 Å². The summed E-state index contributed by atoms with van der Waals surface area (Å²) in [5.41, 5.74) is 1.90. The smallest absolute Gasteiger partial charge is 0.251 e. The molecular weight excluding hydrogens is 272 g/mol. The number of hydrogen-bond acceptors (Lipinski definition) is 4. The van der Waals surface area contributed by atoms with Crippen LogP contribution in [0.5, 0.6) is 5.75 Å². The van der Waals surface area contributed by atoms with Crippen molar-refractivity contribution in [3.05, 3.63) is 51.9 Å². The summed E-state index contributed by atoms with van der Waals surface area (Å²) in [6, 6.07) is 9.49. The molecule has 0 aliphatic heterocycles. The summed E-state index contributed by atoms with van der Waals surface area (Å²) in [5, 5.41) is 0.655. The lowest BCUT2D eigenvalue weighted by molar-refractivity contribution is 0.343. The molecule has 2 aromatic rings. The second kappa shape index (κ2) is 7.14. The molecule has 0 radical (unpaired) electrons. The zero-order valence-corrected chi connectivity index (χ0v) is 12.5. The van der Waals surface area contributed by atoms with Crippen LogP contribution in [-0.4, -0.2) is 22.3 Å². The van der Waals surface area contributed by atoms with Gasteiger partial charge >= 0.3 is 0 Å². The Bertz CT molecular complexity index is 625. The van der Waals surface area contributed by atoms with E-state index in [4.69, 9.17) is 4.74 Å². The second-order valence-electron chi connectivity index (χ2n) is 4.41. The van der Waals surface area contributed by atoms with Gasteiger partial charge in [0.25, 0.3) is 5.56 Å². The van der Waals surface area contributed by atoms with Crippen LogP contribution in [0.1, 0.15) is 18.2 Å². The number of aromatic nitrogens is 2. The van der Waals surface area contributed by atoms with Gasteiger partial charge in [0.05, 0.1) is 6.61 Å². The Balaban J connectivity index is 1.84. The summed E-state index contributed by atoms with van der Waals surface area (Å²) < 4.78 is 5.65. The fourth-order valence-corrected chi connectivity index (χ4v) is 2.45. The molecular formula is C15H18N2O2S. The molecule has 0 unspecified atom stereocenters. The fraction of sp³-hybridized carbons (Fsp3) is 0.333. The first kappa shape index (κ1) is 14.7. The average molecular weight is 290 g/mol. The maximum atomic E-state index is 11.4. The number of thioether (sulfide) groups is 1. The lowest BCUT2D eigenvalue weighted by Gasteiger charge is -2.06. The van der Waals surface area contributed by atoms with E-state index in [1.54, 1.807) is 0 Å². The van der Waals surface area contributed by atoms with Gasteiger partial charge in [0, 0.05) is 17.5 Å². The van der Waals surface area contributed by atoms with Crippen molar-refractivity contribution in [2.24, 2.45) is 0 Å². The van der Waals surface area contributed by atoms with Crippen LogP contribution < -0.4 is 10.3 Å². The molecule has 0 fully saturated rings. The Morgan fingerprint density at radius 1 is 1.35 bits per heavy atom. The molecule has 1 heterocycles. The van der Waals surface area contributed by atoms with Crippen LogP contribution in [-0.2, 0) is 6.42 Å². The zero-order valence-electron chi connectivity index (χ0n) is 11.7. The number of benzene rings is 1. The van der Waals surface area contributed by atoms with Gasteiger partial charge in [-0.25, -0.2) is 4.98 Å². The van der Waals surface area contributed by atoms with E-state index in [9.17, 15) is 4.79 Å². The molecule has 106 valence electrons. The van der Waals surface area contributed by atoms with Gasteiger partial charge in [0.15, 0.2) is 5.16 Å². The number of aromatic amines is 1. The van der Waals surface area contributed by atoms with Gasteiger partial charge in [0.2, 0.25) is 0 Å². The molecule has 1 aromatic heterocycles. The summed E-state index contributed by atoms with van der Waals surface area (Å²) in [4.78, 5) is 18.5. The van der Waals surface area contributed by atoms with Crippen molar-refractivity contribution in [2.75, 3.05) is 12.4 Å². The molecule has 0 saturated carbocycles. The first-order valence-electron chi connectivity index (χ1n) is 6.60. The SMILES string of the molecule is CCc1cc(=O)[nH]c(SCCOc2cccc(C)c2)n1. The van der Waals surface area contributed by atoms with Crippen molar-refractivity contribution < 1.29 is 4.74 Å². The van der Waals surface area contributed by atoms with Gasteiger partial charge in [-0.15, -0.1) is 0 Å². The monoisotopic (exact) mass is 290 g/mol. The second-order valence-corrected chi connectivity index (χ2v) is 5.49. The Hall–Kier alpha value is -1.75. The molecule has 0 atom stereocenters. The fourth-order valence-electron chi connectivity index (χ4n) is 1.74. The number of nitrogens with zero attached hydrogens (tertiary/aromatic N) is 1. The molecule has 0 spiro atoms. The molecule has 0 aliphatic rings. The van der Waals surface area contributed by atoms with Gasteiger partial charge in [-0.3, -0.25) is 4.79 Å². The Morgan fingerprint density at radius 3 is 2.95 bits per heavy atom. The highest BCUT2D eigenvalue weighted by atomic mass is 32.2. The predicted molar refractivity (Wildman–Crippen MR) is 81.6 cm³/mol. The summed E-state index contributed by atoms with van der Waals surface area (Å²) in [5.74, 6) is 1.61. The third kappa shape index (κ3) is 4.42. The minimum absolute atomic E-state index is 0.0982. The molecule has 5 heteroatoms. The molecule has 2 rings (SSSR count). The van der Waals surface area contributed by atoms with Crippen molar-refractivity contribution in [1.82, 2.24) is 9.97 Å². The minimum atomic E-state index is -0.0982. The van der Waals surface area contributed by atoms with E-state index in [1.807, 2.05) is 38.1 Å². The largest absolute Gasteiger partial charge is 0.493 e. The Labute approximate surface area is 122 Å². The van der Waals surface area contributed by atoms with Crippen LogP contribution in [0.15, 0.2) is 40.3 Å². The molecule has 0 amide bonds. The molecule has 0 saturated heterocycles. The van der Waals surface area contributed by atoms with Gasteiger partial charge in [-0.1, -0.05) is 30.8 Å². The van der Waals surface area contributed by atoms with Crippen LogP contribution in [0.2, 0.25) is 0 Å². The first-order valence-corrected chi connectivity index (χ1v) is 7.58. The Morgan fingerprint density at radius 2 is 2.20 bits per heavy atom. The van der Waals surface area contributed by atoms with Gasteiger partial charge in [-0.05, 0) is 31.0 Å². The van der Waals surface area contributed by atoms with Crippen molar-refractivity contribution in [2.45, 2.75) is 25.4 Å². The third-order valence-corrected chi connectivity index (χ3v) is 3.55.